The Morgan fingerprint density at radius 2 is 1.48 bits per heavy atom. The molecule has 11 nitrogen and oxygen atoms in total. The average Bonchev–Trinajstić information content (AvgIpc) is 3.25. The molecule has 3 fully saturated rings. The molecular weight excluding hydrogens is 907 g/mol. The Bertz CT molecular complexity index is 2660. The number of thioether (sulfide) groups is 1. The number of benzene rings is 5. The number of nitrogens with one attached hydrogen (secondary N) is 2. The number of likely N-dealkylation sites (tertiary alicyclic amines) is 1. The summed E-state index contributed by atoms with van der Waals surface area (Å²) in [6, 6.07) is 33.8. The second-order valence-corrected chi connectivity index (χ2v) is 21.6. The number of hydrogen-bond donors (Lipinski definition) is 2. The molecule has 0 unspecified atom stereocenters. The van der Waals surface area contributed by atoms with Crippen molar-refractivity contribution in [2.24, 2.45) is 5.41 Å². The molecule has 3 heterocycles. The van der Waals surface area contributed by atoms with Gasteiger partial charge in [-0.05, 0) is 89.8 Å². The van der Waals surface area contributed by atoms with Crippen molar-refractivity contribution in [1.82, 2.24) is 14.5 Å². The summed E-state index contributed by atoms with van der Waals surface area (Å²) in [5, 5.41) is 3.68. The van der Waals surface area contributed by atoms with Gasteiger partial charge in [-0.3, -0.25) is 14.6 Å². The predicted octanol–water partition coefficient (Wildman–Crippen LogP) is 8.04. The van der Waals surface area contributed by atoms with Crippen molar-refractivity contribution in [2.45, 2.75) is 39.2 Å². The van der Waals surface area contributed by atoms with Gasteiger partial charge >= 0.3 is 5.51 Å². The van der Waals surface area contributed by atoms with E-state index in [1.807, 2.05) is 71.5 Å². The Hall–Kier alpha value is -4.62. The topological polar surface area (TPSA) is 128 Å². The van der Waals surface area contributed by atoms with Crippen LogP contribution in [0.15, 0.2) is 136 Å². The standard InChI is InChI=1S/C46H47ClF3N5O6S3/c47-36-14-10-33(11-15-36)41-9-5-4-6-35(41)27-54-29-45(30-54)31-55(32-45)38-16-12-34(13-17-38)44(56)52-64(59,60)40-18-19-42(43(26-40)63(57,58)46(48,49)50)51-37(20-21-53-22-24-61-25-23-53)28-62-39-7-2-1-3-8-39/h1-19,26,37,51H,20-25,27-32H2,(H,52,56)/t37-/m1/s1. The largest absolute Gasteiger partial charge is 0.501 e. The van der Waals surface area contributed by atoms with Gasteiger partial charge in [-0.25, -0.2) is 21.6 Å². The van der Waals surface area contributed by atoms with Crippen LogP contribution >= 0.6 is 23.4 Å². The highest BCUT2D eigenvalue weighted by Gasteiger charge is 2.52. The smallest absolute Gasteiger partial charge is 0.380 e. The summed E-state index contributed by atoms with van der Waals surface area (Å²) < 4.78 is 103. The van der Waals surface area contributed by atoms with Crippen LogP contribution in [0.3, 0.4) is 0 Å². The zero-order valence-electron chi connectivity index (χ0n) is 34.6. The Labute approximate surface area is 380 Å². The van der Waals surface area contributed by atoms with Crippen LogP contribution < -0.4 is 14.9 Å². The van der Waals surface area contributed by atoms with Gasteiger partial charge in [-0.1, -0.05) is 66.2 Å². The van der Waals surface area contributed by atoms with Gasteiger partial charge in [-0.15, -0.1) is 11.8 Å². The minimum atomic E-state index is -6.05. The van der Waals surface area contributed by atoms with Crippen LogP contribution in [0.5, 0.6) is 0 Å². The van der Waals surface area contributed by atoms with Crippen molar-refractivity contribution in [3.05, 3.63) is 137 Å². The molecule has 1 atom stereocenters. The van der Waals surface area contributed by atoms with E-state index in [1.54, 1.807) is 12.1 Å². The summed E-state index contributed by atoms with van der Waals surface area (Å²) in [5.41, 5.74) is -1.62. The number of anilines is 2. The van der Waals surface area contributed by atoms with Gasteiger partial charge in [0.15, 0.2) is 0 Å². The maximum Gasteiger partial charge on any atom is 0.501 e. The van der Waals surface area contributed by atoms with Crippen LogP contribution in [0.4, 0.5) is 24.5 Å². The second kappa shape index (κ2) is 19.1. The van der Waals surface area contributed by atoms with Crippen molar-refractivity contribution < 1.29 is 39.5 Å². The third kappa shape index (κ3) is 10.6. The molecule has 5 aromatic rings. The number of alkyl halides is 3. The Morgan fingerprint density at radius 1 is 0.812 bits per heavy atom. The van der Waals surface area contributed by atoms with E-state index >= 15 is 0 Å². The second-order valence-electron chi connectivity index (χ2n) is 16.5. The first-order chi connectivity index (χ1) is 30.6. The van der Waals surface area contributed by atoms with Gasteiger partial charge in [0.05, 0.1) is 23.8 Å². The van der Waals surface area contributed by atoms with Gasteiger partial charge in [-0.2, -0.15) is 13.2 Å². The van der Waals surface area contributed by atoms with E-state index in [2.05, 4.69) is 32.1 Å². The van der Waals surface area contributed by atoms with Crippen LogP contribution in [0.2, 0.25) is 5.02 Å². The molecule has 1 amide bonds. The van der Waals surface area contributed by atoms with E-state index in [9.17, 15) is 34.8 Å². The highest BCUT2D eigenvalue weighted by Crippen LogP contribution is 2.43. The maximum atomic E-state index is 14.1. The molecule has 338 valence electrons. The predicted molar refractivity (Wildman–Crippen MR) is 244 cm³/mol. The molecule has 64 heavy (non-hydrogen) atoms. The highest BCUT2D eigenvalue weighted by molar-refractivity contribution is 7.99. The Morgan fingerprint density at radius 3 is 2.17 bits per heavy atom. The summed E-state index contributed by atoms with van der Waals surface area (Å²) in [7, 11) is -10.9. The number of nitrogens with zero attached hydrogens (tertiary/aromatic N) is 3. The van der Waals surface area contributed by atoms with Gasteiger partial charge in [0, 0.05) is 90.7 Å². The molecule has 0 aromatic heterocycles. The lowest BCUT2D eigenvalue weighted by atomic mass is 9.72. The molecule has 8 rings (SSSR count). The van der Waals surface area contributed by atoms with Gasteiger partial charge in [0.1, 0.15) is 4.90 Å². The molecule has 3 aliphatic heterocycles. The van der Waals surface area contributed by atoms with Crippen LogP contribution in [-0.2, 0) is 31.1 Å². The monoisotopic (exact) mass is 953 g/mol. The number of sulfonamides is 1. The SMILES string of the molecule is O=C(NS(=O)(=O)c1ccc(N[C@H](CCN2CCOCC2)CSc2ccccc2)c(S(=O)(=O)C(F)(F)F)c1)c1ccc(N2CC3(CN(Cc4ccccc4-c4ccc(Cl)cc4)C3)C2)cc1. The summed E-state index contributed by atoms with van der Waals surface area (Å²) in [5.74, 6) is -0.655. The zero-order valence-corrected chi connectivity index (χ0v) is 37.8. The van der Waals surface area contributed by atoms with Gasteiger partial charge < -0.3 is 15.0 Å². The molecule has 0 bridgehead atoms. The lowest BCUT2D eigenvalue weighted by molar-refractivity contribution is -0.0435. The fraction of sp³-hybridized carbons (Fsp3) is 0.326. The van der Waals surface area contributed by atoms with Crippen molar-refractivity contribution >= 4 is 60.5 Å². The number of halogens is 4. The maximum absolute atomic E-state index is 14.1. The molecule has 0 radical (unpaired) electrons. The number of carbonyl (C=O) groups is 1. The third-order valence-corrected chi connectivity index (χ3v) is 16.0. The molecule has 3 aliphatic rings. The van der Waals surface area contributed by atoms with Crippen molar-refractivity contribution in [3.63, 3.8) is 0 Å². The third-order valence-electron chi connectivity index (χ3n) is 11.8. The molecule has 18 heteroatoms. The number of rotatable bonds is 16. The van der Waals surface area contributed by atoms with E-state index in [0.717, 1.165) is 61.0 Å². The first kappa shape index (κ1) is 45.9. The number of ether oxygens (including phenoxy) is 1. The normalized spacial score (nSPS) is 17.3. The molecule has 3 saturated heterocycles. The number of morpholine rings is 1. The first-order valence-electron chi connectivity index (χ1n) is 20.8. The lowest BCUT2D eigenvalue weighted by Crippen LogP contribution is -2.71. The van der Waals surface area contributed by atoms with Crippen LogP contribution in [0.1, 0.15) is 22.3 Å². The van der Waals surface area contributed by atoms with Crippen molar-refractivity contribution in [3.8, 4) is 11.1 Å². The van der Waals surface area contributed by atoms with E-state index < -0.39 is 52.8 Å². The molecular formula is C46H47ClF3N5O6S3. The first-order valence-corrected chi connectivity index (χ1v) is 25.1. The summed E-state index contributed by atoms with van der Waals surface area (Å²) in [4.78, 5) is 18.9. The summed E-state index contributed by atoms with van der Waals surface area (Å²) >= 11 is 7.56. The zero-order chi connectivity index (χ0) is 45.1. The highest BCUT2D eigenvalue weighted by atomic mass is 35.5. The fourth-order valence-corrected chi connectivity index (χ4v) is 11.6. The van der Waals surface area contributed by atoms with E-state index in [1.165, 1.54) is 35.0 Å². The van der Waals surface area contributed by atoms with E-state index in [-0.39, 0.29) is 11.0 Å². The molecule has 1 spiro atoms. The fourth-order valence-electron chi connectivity index (χ4n) is 8.46. The van der Waals surface area contributed by atoms with Gasteiger partial charge in [0.2, 0.25) is 0 Å². The van der Waals surface area contributed by atoms with E-state index in [4.69, 9.17) is 16.3 Å². The molecule has 0 saturated carbocycles. The van der Waals surface area contributed by atoms with Crippen LogP contribution in [0, 0.1) is 5.41 Å². The summed E-state index contributed by atoms with van der Waals surface area (Å²) in [6.07, 6.45) is 0.444. The number of amides is 1. The van der Waals surface area contributed by atoms with Crippen LogP contribution in [0.25, 0.3) is 11.1 Å². The van der Waals surface area contributed by atoms with Crippen molar-refractivity contribution in [1.29, 1.82) is 0 Å². The molecule has 2 N–H and O–H groups in total. The number of carbonyl (C=O) groups excluding carboxylic acids is 1. The van der Waals surface area contributed by atoms with E-state index in [0.29, 0.717) is 56.1 Å². The van der Waals surface area contributed by atoms with Crippen LogP contribution in [-0.4, -0.2) is 109 Å². The lowest BCUT2D eigenvalue weighted by Gasteiger charge is -2.61. The number of hydrogen-bond acceptors (Lipinski definition) is 11. The summed E-state index contributed by atoms with van der Waals surface area (Å²) in [6.45, 7) is 7.33. The van der Waals surface area contributed by atoms with Gasteiger partial charge in [0.25, 0.3) is 25.8 Å². The Kier molecular flexibility index (Phi) is 13.7. The Balaban J connectivity index is 0.907. The molecule has 0 aliphatic carbocycles. The number of sulfone groups is 1. The minimum Gasteiger partial charge on any atom is -0.380 e. The minimum absolute atomic E-state index is 0.00261. The molecule has 5 aromatic carbocycles. The average molecular weight is 955 g/mol. The van der Waals surface area contributed by atoms with Crippen molar-refractivity contribution in [2.75, 3.05) is 75.0 Å². The quantitative estimate of drug-likeness (QED) is 0.0934.